The van der Waals surface area contributed by atoms with E-state index in [-0.39, 0.29) is 12.6 Å². The van der Waals surface area contributed by atoms with Crippen LogP contribution in [0.2, 0.25) is 0 Å². The largest absolute Gasteiger partial charge is 0.544 e. The van der Waals surface area contributed by atoms with Crippen molar-refractivity contribution >= 4 is 5.97 Å². The molecule has 0 heterocycles. The first-order valence-electron chi connectivity index (χ1n) is 4.13. The van der Waals surface area contributed by atoms with Crippen LogP contribution in [-0.2, 0) is 9.53 Å². The summed E-state index contributed by atoms with van der Waals surface area (Å²) in [4.78, 5) is 10.2. The van der Waals surface area contributed by atoms with E-state index >= 15 is 0 Å². The van der Waals surface area contributed by atoms with Gasteiger partial charge in [0.15, 0.2) is 0 Å². The van der Waals surface area contributed by atoms with Gasteiger partial charge in [-0.2, -0.15) is 0 Å². The van der Waals surface area contributed by atoms with Crippen LogP contribution in [0.3, 0.4) is 0 Å². The van der Waals surface area contributed by atoms with Crippen LogP contribution in [0.1, 0.15) is 6.42 Å². The van der Waals surface area contributed by atoms with Crippen LogP contribution < -0.4 is 16.6 Å². The van der Waals surface area contributed by atoms with Crippen molar-refractivity contribution in [2.45, 2.75) is 18.5 Å². The predicted octanol–water partition coefficient (Wildman–Crippen LogP) is -4.64. The molecule has 6 heteroatoms. The number of carbonyl (C=O) groups is 1. The molecule has 0 saturated heterocycles. The van der Waals surface area contributed by atoms with Gasteiger partial charge in [0.2, 0.25) is 0 Å². The zero-order valence-electron chi connectivity index (χ0n) is 7.57. The van der Waals surface area contributed by atoms with Gasteiger partial charge >= 0.3 is 0 Å². The number of hydrogen-bond donors (Lipinski definition) is 3. The maximum absolute atomic E-state index is 10.2. The van der Waals surface area contributed by atoms with E-state index in [2.05, 4.69) is 11.5 Å². The van der Waals surface area contributed by atoms with Crippen LogP contribution in [0.4, 0.5) is 0 Å². The second kappa shape index (κ2) is 6.79. The fourth-order valence-corrected chi connectivity index (χ4v) is 0.646. The van der Waals surface area contributed by atoms with Gasteiger partial charge in [0.25, 0.3) is 0 Å². The number of carboxylic acids is 1. The molecule has 2 atom stereocenters. The monoisotopic (exact) mass is 193 g/mol. The average molecular weight is 193 g/mol. The number of ether oxygens (including phenoxy) is 1. The summed E-state index contributed by atoms with van der Waals surface area (Å²) in [5.41, 5.74) is 6.96. The van der Waals surface area contributed by atoms with Crippen molar-refractivity contribution in [3.8, 4) is 0 Å². The van der Waals surface area contributed by atoms with Crippen molar-refractivity contribution in [2.24, 2.45) is 0 Å². The molecule has 78 valence electrons. The number of carboxylic acid groups (broad SMARTS) is 1. The molecule has 0 amide bonds. The molecule has 0 rings (SSSR count). The Balaban J connectivity index is 3.30. The molecule has 0 spiro atoms. The Morgan fingerprint density at radius 1 is 1.54 bits per heavy atom. The van der Waals surface area contributed by atoms with Crippen molar-refractivity contribution in [3.05, 3.63) is 0 Å². The van der Waals surface area contributed by atoms with E-state index in [9.17, 15) is 9.90 Å². The molecule has 7 N–H and O–H groups in total. The summed E-state index contributed by atoms with van der Waals surface area (Å²) in [6, 6.07) is -0.899. The predicted molar refractivity (Wildman–Crippen MR) is 40.9 cm³/mol. The van der Waals surface area contributed by atoms with Gasteiger partial charge in [-0.3, -0.25) is 0 Å². The molecule has 0 radical (unpaired) electrons. The van der Waals surface area contributed by atoms with Crippen molar-refractivity contribution in [1.82, 2.24) is 0 Å². The van der Waals surface area contributed by atoms with Gasteiger partial charge in [-0.25, -0.2) is 0 Å². The minimum absolute atomic E-state index is 0.0334. The number of aliphatic hydroxyl groups is 1. The molecular weight excluding hydrogens is 176 g/mol. The van der Waals surface area contributed by atoms with Crippen LogP contribution in [0.5, 0.6) is 0 Å². The molecule has 0 bridgehead atoms. The van der Waals surface area contributed by atoms with Gasteiger partial charge in [0, 0.05) is 6.42 Å². The van der Waals surface area contributed by atoms with Gasteiger partial charge in [0.1, 0.15) is 18.7 Å². The summed E-state index contributed by atoms with van der Waals surface area (Å²) in [7, 11) is 0. The molecule has 0 aliphatic carbocycles. The zero-order valence-corrected chi connectivity index (χ0v) is 7.57. The summed E-state index contributed by atoms with van der Waals surface area (Å²) in [6.45, 7) is 0.596. The Kier molecular flexibility index (Phi) is 6.43. The highest BCUT2D eigenvalue weighted by molar-refractivity contribution is 5.68. The first-order valence-corrected chi connectivity index (χ1v) is 4.13. The molecule has 0 unspecified atom stereocenters. The van der Waals surface area contributed by atoms with E-state index < -0.39 is 12.0 Å². The number of hydrogen-bond acceptors (Lipinski definition) is 4. The molecule has 13 heavy (non-hydrogen) atoms. The zero-order chi connectivity index (χ0) is 10.3. The van der Waals surface area contributed by atoms with Gasteiger partial charge in [0.05, 0.1) is 19.2 Å². The lowest BCUT2D eigenvalue weighted by Crippen LogP contribution is -2.68. The van der Waals surface area contributed by atoms with Crippen molar-refractivity contribution in [1.29, 1.82) is 0 Å². The van der Waals surface area contributed by atoms with E-state index in [4.69, 9.17) is 9.84 Å². The highest BCUT2D eigenvalue weighted by atomic mass is 16.5. The normalized spacial score (nSPS) is 15.3. The molecule has 0 aromatic carbocycles. The lowest BCUT2D eigenvalue weighted by atomic mass is 10.2. The Morgan fingerprint density at radius 3 is 2.62 bits per heavy atom. The summed E-state index contributed by atoms with van der Waals surface area (Å²) < 4.78 is 5.05. The highest BCUT2D eigenvalue weighted by Gasteiger charge is 2.08. The third-order valence-corrected chi connectivity index (χ3v) is 1.56. The van der Waals surface area contributed by atoms with Crippen LogP contribution >= 0.6 is 0 Å². The Morgan fingerprint density at radius 2 is 2.15 bits per heavy atom. The van der Waals surface area contributed by atoms with E-state index in [0.29, 0.717) is 19.6 Å². The topological polar surface area (TPSA) is 125 Å². The first kappa shape index (κ1) is 12.3. The standard InChI is InChI=1S/C7H16N2O4/c8-5(3-10)4-13-2-1-6(9)7(11)12/h5-6,10H,1-4,8-9H2,(H,11,12)/p+1/t5-,6+/m1/s1. The van der Waals surface area contributed by atoms with Gasteiger partial charge in [-0.1, -0.05) is 0 Å². The molecular formula is C7H17N2O4+. The SMILES string of the molecule is [NH3+][C@H](CO)COCC[C@H]([NH3+])C(=O)[O-]. The first-order chi connectivity index (χ1) is 6.07. The van der Waals surface area contributed by atoms with Gasteiger partial charge in [-0.15, -0.1) is 0 Å². The third kappa shape index (κ3) is 6.47. The van der Waals surface area contributed by atoms with E-state index in [1.807, 2.05) is 0 Å². The Labute approximate surface area is 76.5 Å². The smallest absolute Gasteiger partial charge is 0.131 e. The van der Waals surface area contributed by atoms with Crippen LogP contribution in [-0.4, -0.2) is 43.0 Å². The third-order valence-electron chi connectivity index (χ3n) is 1.56. The number of carbonyl (C=O) groups excluding carboxylic acids is 1. The number of aliphatic carboxylic acids is 1. The van der Waals surface area contributed by atoms with Gasteiger partial charge in [-0.05, 0) is 0 Å². The minimum Gasteiger partial charge on any atom is -0.544 e. The quantitative estimate of drug-likeness (QED) is 0.351. The molecule has 0 aromatic rings. The lowest BCUT2D eigenvalue weighted by molar-refractivity contribution is -0.442. The minimum atomic E-state index is -1.17. The Bertz CT molecular complexity index is 153. The number of aliphatic hydroxyl groups excluding tert-OH is 1. The van der Waals surface area contributed by atoms with Crippen molar-refractivity contribution in [3.63, 3.8) is 0 Å². The van der Waals surface area contributed by atoms with Gasteiger partial charge < -0.3 is 31.2 Å². The second-order valence-electron chi connectivity index (χ2n) is 2.93. The maximum Gasteiger partial charge on any atom is 0.131 e. The molecule has 0 aliphatic heterocycles. The van der Waals surface area contributed by atoms with E-state index in [0.717, 1.165) is 0 Å². The van der Waals surface area contributed by atoms with Crippen LogP contribution in [0, 0.1) is 0 Å². The fourth-order valence-electron chi connectivity index (χ4n) is 0.646. The van der Waals surface area contributed by atoms with Crippen LogP contribution in [0.15, 0.2) is 0 Å². The number of quaternary nitrogens is 2. The number of rotatable bonds is 7. The molecule has 0 fully saturated rings. The summed E-state index contributed by atoms with van der Waals surface area (Å²) in [5.74, 6) is -1.17. The van der Waals surface area contributed by atoms with E-state index in [1.54, 1.807) is 0 Å². The fraction of sp³-hybridized carbons (Fsp3) is 0.857. The van der Waals surface area contributed by atoms with Crippen LogP contribution in [0.25, 0.3) is 0 Å². The lowest BCUT2D eigenvalue weighted by Gasteiger charge is -2.10. The molecule has 0 aliphatic rings. The van der Waals surface area contributed by atoms with E-state index in [1.165, 1.54) is 0 Å². The molecule has 0 aromatic heterocycles. The molecule has 0 saturated carbocycles. The summed E-state index contributed by atoms with van der Waals surface area (Å²) >= 11 is 0. The highest BCUT2D eigenvalue weighted by Crippen LogP contribution is 1.87. The maximum atomic E-state index is 10.2. The summed E-state index contributed by atoms with van der Waals surface area (Å²) in [6.07, 6.45) is 0.320. The summed E-state index contributed by atoms with van der Waals surface area (Å²) in [5, 5.41) is 18.8. The van der Waals surface area contributed by atoms with Crippen molar-refractivity contribution in [2.75, 3.05) is 19.8 Å². The second-order valence-corrected chi connectivity index (χ2v) is 2.93. The van der Waals surface area contributed by atoms with Crippen molar-refractivity contribution < 1.29 is 31.2 Å². The Hall–Kier alpha value is -0.690. The molecule has 6 nitrogen and oxygen atoms in total. The average Bonchev–Trinajstić information content (AvgIpc) is 2.11.